The molecule has 7 heteroatoms. The molecule has 0 radical (unpaired) electrons. The van der Waals surface area contributed by atoms with Crippen LogP contribution in [0.1, 0.15) is 0 Å². The number of furan rings is 2. The molecule has 2 heterocycles. The van der Waals surface area contributed by atoms with Gasteiger partial charge in [0.25, 0.3) is 0 Å². The Kier molecular flexibility index (Phi) is 11.3. The number of anilines is 5. The first-order chi connectivity index (χ1) is 27.0. The Bertz CT molecular complexity index is 2800. The number of rotatable bonds is 5. The normalized spacial score (nSPS) is 10.8. The van der Waals surface area contributed by atoms with Crippen LogP contribution in [0.4, 0.5) is 28.4 Å². The molecule has 4 nitrogen and oxygen atoms in total. The fourth-order valence-corrected chi connectivity index (χ4v) is 7.34. The summed E-state index contributed by atoms with van der Waals surface area (Å²) in [6, 6.07) is 65.8. The van der Waals surface area contributed by atoms with Gasteiger partial charge in [0, 0.05) is 51.1 Å². The lowest BCUT2D eigenvalue weighted by atomic mass is 10.1. The molecule has 0 amide bonds. The summed E-state index contributed by atoms with van der Waals surface area (Å²) in [6.07, 6.45) is 0. The molecule has 0 atom stereocenters. The van der Waals surface area contributed by atoms with Crippen molar-refractivity contribution in [2.45, 2.75) is 0 Å². The van der Waals surface area contributed by atoms with Crippen molar-refractivity contribution in [3.05, 3.63) is 207 Å². The third-order valence-electron chi connectivity index (χ3n) is 8.98. The molecule has 0 aliphatic heterocycles. The lowest BCUT2D eigenvalue weighted by Gasteiger charge is -2.25. The Morgan fingerprint density at radius 3 is 1.51 bits per heavy atom. The number of nitrogens with one attached hydrogen (secondary N) is 1. The summed E-state index contributed by atoms with van der Waals surface area (Å²) in [7, 11) is 0. The summed E-state index contributed by atoms with van der Waals surface area (Å²) in [4.78, 5) is 2.23. The number of benzene rings is 8. The second-order valence-electron chi connectivity index (χ2n) is 12.6. The smallest absolute Gasteiger partial charge is 0.159 e. The first-order valence-electron chi connectivity index (χ1n) is 17.7. The quantitative estimate of drug-likeness (QED) is 0.175. The van der Waals surface area contributed by atoms with Crippen molar-refractivity contribution in [1.29, 1.82) is 0 Å². The predicted octanol–water partition coefficient (Wildman–Crippen LogP) is 16.2. The van der Waals surface area contributed by atoms with Crippen molar-refractivity contribution in [3.63, 3.8) is 0 Å². The van der Waals surface area contributed by atoms with Crippen LogP contribution in [-0.4, -0.2) is 0 Å². The molecule has 0 fully saturated rings. The van der Waals surface area contributed by atoms with E-state index in [1.54, 1.807) is 0 Å². The number of para-hydroxylation sites is 6. The van der Waals surface area contributed by atoms with E-state index < -0.39 is 0 Å². The molecule has 0 bridgehead atoms. The van der Waals surface area contributed by atoms with Crippen molar-refractivity contribution < 1.29 is 8.83 Å². The second kappa shape index (κ2) is 17.0. The van der Waals surface area contributed by atoms with E-state index in [0.29, 0.717) is 0 Å². The standard InChI is InChI=1S/C24H16BrNO.C18H13NO.C6H4BrI/c25-17-13-15-19(16-14-17)26(18-7-2-1-3-8-18)22-11-6-10-21-20-9-4-5-12-23(20)27-24(21)22;1-2-7-13(8-3-1)19-16-11-6-10-15-14-9-4-5-12-17(14)20-18(15)16;7-5-1-3-6(8)4-2-5/h1-16H;1-12,19H;1-4H. The molecule has 1 N–H and O–H groups in total. The highest BCUT2D eigenvalue weighted by molar-refractivity contribution is 14.1. The van der Waals surface area contributed by atoms with Gasteiger partial charge in [-0.1, -0.05) is 129 Å². The van der Waals surface area contributed by atoms with Crippen molar-refractivity contribution in [2.75, 3.05) is 10.2 Å². The average molecular weight is 957 g/mol. The third-order valence-corrected chi connectivity index (χ3v) is 10.8. The number of hydrogen-bond donors (Lipinski definition) is 1. The summed E-state index contributed by atoms with van der Waals surface area (Å²) in [6.45, 7) is 0. The first-order valence-corrected chi connectivity index (χ1v) is 20.3. The van der Waals surface area contributed by atoms with Crippen molar-refractivity contribution in [2.24, 2.45) is 0 Å². The lowest BCUT2D eigenvalue weighted by Crippen LogP contribution is -2.09. The van der Waals surface area contributed by atoms with Gasteiger partial charge in [-0.25, -0.2) is 0 Å². The maximum atomic E-state index is 6.28. The summed E-state index contributed by atoms with van der Waals surface area (Å²) in [5.74, 6) is 0. The summed E-state index contributed by atoms with van der Waals surface area (Å²) in [5.41, 5.74) is 8.87. The Morgan fingerprint density at radius 2 is 0.891 bits per heavy atom. The number of nitrogens with zero attached hydrogens (tertiary/aromatic N) is 1. The van der Waals surface area contributed by atoms with Crippen molar-refractivity contribution >= 4 is 127 Å². The number of hydrogen-bond acceptors (Lipinski definition) is 4. The largest absolute Gasteiger partial charge is 0.454 e. The van der Waals surface area contributed by atoms with Gasteiger partial charge in [-0.3, -0.25) is 0 Å². The first kappa shape index (κ1) is 36.6. The highest BCUT2D eigenvalue weighted by Crippen LogP contribution is 2.42. The van der Waals surface area contributed by atoms with Gasteiger partial charge in [0.1, 0.15) is 11.2 Å². The van der Waals surface area contributed by atoms with Crippen LogP contribution in [0, 0.1) is 3.57 Å². The lowest BCUT2D eigenvalue weighted by molar-refractivity contribution is 0.669. The molecule has 8 aromatic carbocycles. The molecule has 0 aliphatic rings. The van der Waals surface area contributed by atoms with Gasteiger partial charge < -0.3 is 19.1 Å². The minimum absolute atomic E-state index is 0.894. The minimum Gasteiger partial charge on any atom is -0.454 e. The summed E-state index contributed by atoms with van der Waals surface area (Å²) < 4.78 is 15.7. The molecular formula is C48H33Br2IN2O2. The fourth-order valence-electron chi connectivity index (χ4n) is 6.45. The van der Waals surface area contributed by atoms with Gasteiger partial charge in [0.15, 0.2) is 11.2 Å². The highest BCUT2D eigenvalue weighted by atomic mass is 127. The highest BCUT2D eigenvalue weighted by Gasteiger charge is 2.18. The van der Waals surface area contributed by atoms with Gasteiger partial charge in [-0.05, 0) is 120 Å². The summed E-state index contributed by atoms with van der Waals surface area (Å²) >= 11 is 9.15. The molecular weight excluding hydrogens is 923 g/mol. The van der Waals surface area contributed by atoms with Crippen LogP contribution in [0.3, 0.4) is 0 Å². The monoisotopic (exact) mass is 954 g/mol. The molecule has 0 saturated heterocycles. The van der Waals surface area contributed by atoms with Gasteiger partial charge in [-0.15, -0.1) is 0 Å². The van der Waals surface area contributed by atoms with Crippen LogP contribution in [0.25, 0.3) is 43.9 Å². The third kappa shape index (κ3) is 8.34. The van der Waals surface area contributed by atoms with Gasteiger partial charge >= 0.3 is 0 Å². The van der Waals surface area contributed by atoms with Gasteiger partial charge in [0.05, 0.1) is 11.4 Å². The van der Waals surface area contributed by atoms with Crippen LogP contribution < -0.4 is 10.2 Å². The maximum absolute atomic E-state index is 6.28. The van der Waals surface area contributed by atoms with E-state index in [4.69, 9.17) is 8.83 Å². The Balaban J connectivity index is 0.000000133. The zero-order chi connectivity index (χ0) is 37.6. The maximum Gasteiger partial charge on any atom is 0.159 e. The molecule has 0 spiro atoms. The van der Waals surface area contributed by atoms with Crippen molar-refractivity contribution in [3.8, 4) is 0 Å². The van der Waals surface area contributed by atoms with Gasteiger partial charge in [0.2, 0.25) is 0 Å². The van der Waals surface area contributed by atoms with E-state index in [2.05, 4.69) is 168 Å². The SMILES string of the molecule is Brc1ccc(I)cc1.Brc1ccc(N(c2ccccc2)c2cccc3c2oc2ccccc23)cc1.c1ccc(Nc2cccc3c2oc2ccccc23)cc1. The minimum atomic E-state index is 0.894. The van der Waals surface area contributed by atoms with E-state index in [0.717, 1.165) is 81.3 Å². The second-order valence-corrected chi connectivity index (χ2v) is 15.7. The van der Waals surface area contributed by atoms with E-state index in [1.807, 2.05) is 91.0 Å². The molecule has 0 unspecified atom stereocenters. The zero-order valence-corrected chi connectivity index (χ0v) is 34.7. The number of halogens is 3. The summed E-state index contributed by atoms with van der Waals surface area (Å²) in [5, 5.41) is 7.97. The fraction of sp³-hybridized carbons (Fsp3) is 0. The molecule has 0 saturated carbocycles. The van der Waals surface area contributed by atoms with Crippen molar-refractivity contribution in [1.82, 2.24) is 0 Å². The Labute approximate surface area is 349 Å². The van der Waals surface area contributed by atoms with E-state index >= 15 is 0 Å². The topological polar surface area (TPSA) is 41.6 Å². The van der Waals surface area contributed by atoms with E-state index in [9.17, 15) is 0 Å². The average Bonchev–Trinajstić information content (AvgIpc) is 3.81. The molecule has 0 aliphatic carbocycles. The van der Waals surface area contributed by atoms with E-state index in [1.165, 1.54) is 3.57 Å². The van der Waals surface area contributed by atoms with Crippen LogP contribution in [0.2, 0.25) is 0 Å². The van der Waals surface area contributed by atoms with Crippen LogP contribution in [0.5, 0.6) is 0 Å². The Hall–Kier alpha value is -5.35. The van der Waals surface area contributed by atoms with Gasteiger partial charge in [-0.2, -0.15) is 0 Å². The van der Waals surface area contributed by atoms with Crippen LogP contribution >= 0.6 is 54.5 Å². The molecule has 10 rings (SSSR count). The van der Waals surface area contributed by atoms with Crippen LogP contribution in [0.15, 0.2) is 212 Å². The van der Waals surface area contributed by atoms with Crippen LogP contribution in [-0.2, 0) is 0 Å². The number of fused-ring (bicyclic) bond motifs is 6. The molecule has 55 heavy (non-hydrogen) atoms. The zero-order valence-electron chi connectivity index (χ0n) is 29.4. The Morgan fingerprint density at radius 1 is 0.418 bits per heavy atom. The molecule has 10 aromatic rings. The molecule has 2 aromatic heterocycles. The van der Waals surface area contributed by atoms with E-state index in [-0.39, 0.29) is 0 Å². The molecule has 268 valence electrons. The predicted molar refractivity (Wildman–Crippen MR) is 246 cm³/mol.